The lowest BCUT2D eigenvalue weighted by atomic mass is 10.1. The van der Waals surface area contributed by atoms with Crippen LogP contribution in [-0.2, 0) is 0 Å². The molecule has 0 spiro atoms. The minimum Gasteiger partial charge on any atom is -0.339 e. The summed E-state index contributed by atoms with van der Waals surface area (Å²) in [6.07, 6.45) is 3.12. The molecule has 0 saturated heterocycles. The fraction of sp³-hybridized carbons (Fsp3) is 0.818. The van der Waals surface area contributed by atoms with Crippen molar-refractivity contribution in [3.63, 3.8) is 0 Å². The average Bonchev–Trinajstić information content (AvgIpc) is 2.77. The van der Waals surface area contributed by atoms with Crippen molar-refractivity contribution in [1.82, 2.24) is 10.1 Å². The van der Waals surface area contributed by atoms with E-state index in [9.17, 15) is 0 Å². The first-order chi connectivity index (χ1) is 7.72. The smallest absolute Gasteiger partial charge is 0.266 e. The molecular formula is C11H22N4O. The average molecular weight is 226 g/mol. The number of aromatic nitrogens is 2. The lowest BCUT2D eigenvalue weighted by Crippen LogP contribution is -2.23. The van der Waals surface area contributed by atoms with Gasteiger partial charge in [-0.1, -0.05) is 19.8 Å². The summed E-state index contributed by atoms with van der Waals surface area (Å²) in [6.45, 7) is 8.02. The second-order valence-corrected chi connectivity index (χ2v) is 3.85. The molecule has 1 aromatic rings. The van der Waals surface area contributed by atoms with Gasteiger partial charge in [-0.15, -0.1) is 0 Å². The van der Waals surface area contributed by atoms with Gasteiger partial charge in [0.2, 0.25) is 5.89 Å². The molecule has 0 aliphatic rings. The summed E-state index contributed by atoms with van der Waals surface area (Å²) in [5.41, 5.74) is 5.96. The monoisotopic (exact) mass is 226 g/mol. The van der Waals surface area contributed by atoms with Gasteiger partial charge >= 0.3 is 0 Å². The second-order valence-electron chi connectivity index (χ2n) is 3.85. The molecule has 0 aliphatic carbocycles. The molecule has 1 aromatic heterocycles. The minimum absolute atomic E-state index is 0.128. The first-order valence-electron chi connectivity index (χ1n) is 6.07. The van der Waals surface area contributed by atoms with Crippen molar-refractivity contribution < 1.29 is 4.52 Å². The van der Waals surface area contributed by atoms with Crippen LogP contribution in [0.1, 0.15) is 52.0 Å². The van der Waals surface area contributed by atoms with Crippen LogP contribution in [0.3, 0.4) is 0 Å². The zero-order valence-corrected chi connectivity index (χ0v) is 10.4. The standard InChI is InChI=1S/C11H22N4O/c1-4-7-8-9(12)10-13-11(14-16-10)15(5-2)6-3/h9H,4-8,12H2,1-3H3. The Bertz CT molecular complexity index is 296. The lowest BCUT2D eigenvalue weighted by molar-refractivity contribution is 0.345. The first kappa shape index (κ1) is 13.0. The molecule has 0 aromatic carbocycles. The molecule has 1 atom stereocenters. The molecule has 92 valence electrons. The van der Waals surface area contributed by atoms with Crippen molar-refractivity contribution in [2.75, 3.05) is 18.0 Å². The number of hydrogen-bond donors (Lipinski definition) is 1. The van der Waals surface area contributed by atoms with E-state index < -0.39 is 0 Å². The minimum atomic E-state index is -0.128. The summed E-state index contributed by atoms with van der Waals surface area (Å²) in [7, 11) is 0. The molecule has 5 nitrogen and oxygen atoms in total. The Morgan fingerprint density at radius 2 is 2.00 bits per heavy atom. The van der Waals surface area contributed by atoms with E-state index in [0.29, 0.717) is 11.8 Å². The largest absolute Gasteiger partial charge is 0.339 e. The van der Waals surface area contributed by atoms with Gasteiger partial charge in [0.05, 0.1) is 6.04 Å². The lowest BCUT2D eigenvalue weighted by Gasteiger charge is -2.14. The van der Waals surface area contributed by atoms with E-state index in [2.05, 4.69) is 30.9 Å². The fourth-order valence-corrected chi connectivity index (χ4v) is 1.56. The quantitative estimate of drug-likeness (QED) is 0.771. The van der Waals surface area contributed by atoms with E-state index in [-0.39, 0.29) is 6.04 Å². The Morgan fingerprint density at radius 3 is 2.56 bits per heavy atom. The van der Waals surface area contributed by atoms with Crippen LogP contribution in [0.5, 0.6) is 0 Å². The predicted octanol–water partition coefficient (Wildman–Crippen LogP) is 2.11. The van der Waals surface area contributed by atoms with Crippen molar-refractivity contribution >= 4 is 5.95 Å². The molecule has 1 unspecified atom stereocenters. The van der Waals surface area contributed by atoms with Crippen LogP contribution in [0.4, 0.5) is 5.95 Å². The zero-order valence-electron chi connectivity index (χ0n) is 10.4. The van der Waals surface area contributed by atoms with Crippen LogP contribution in [-0.4, -0.2) is 23.2 Å². The maximum atomic E-state index is 5.96. The van der Waals surface area contributed by atoms with Gasteiger partial charge in [0.1, 0.15) is 0 Å². The second kappa shape index (κ2) is 6.48. The highest BCUT2D eigenvalue weighted by Gasteiger charge is 2.16. The third kappa shape index (κ3) is 3.20. The van der Waals surface area contributed by atoms with E-state index in [1.807, 2.05) is 4.90 Å². The number of rotatable bonds is 7. The number of nitrogens with zero attached hydrogens (tertiary/aromatic N) is 3. The molecule has 0 bridgehead atoms. The molecular weight excluding hydrogens is 204 g/mol. The maximum absolute atomic E-state index is 5.96. The van der Waals surface area contributed by atoms with Gasteiger partial charge in [-0.2, -0.15) is 4.98 Å². The summed E-state index contributed by atoms with van der Waals surface area (Å²) in [4.78, 5) is 6.37. The number of anilines is 1. The molecule has 0 saturated carbocycles. The fourth-order valence-electron chi connectivity index (χ4n) is 1.56. The van der Waals surface area contributed by atoms with Gasteiger partial charge in [-0.25, -0.2) is 0 Å². The van der Waals surface area contributed by atoms with Crippen molar-refractivity contribution in [1.29, 1.82) is 0 Å². The third-order valence-electron chi connectivity index (χ3n) is 2.66. The van der Waals surface area contributed by atoms with Gasteiger partial charge in [0.25, 0.3) is 5.95 Å². The SMILES string of the molecule is CCCCC(N)c1nc(N(CC)CC)no1. The molecule has 16 heavy (non-hydrogen) atoms. The summed E-state index contributed by atoms with van der Waals surface area (Å²) in [6, 6.07) is -0.128. The van der Waals surface area contributed by atoms with Crippen LogP contribution >= 0.6 is 0 Å². The molecule has 5 heteroatoms. The first-order valence-corrected chi connectivity index (χ1v) is 6.07. The van der Waals surface area contributed by atoms with Crippen molar-refractivity contribution in [3.05, 3.63) is 5.89 Å². The van der Waals surface area contributed by atoms with Crippen LogP contribution in [0.15, 0.2) is 4.52 Å². The molecule has 2 N–H and O–H groups in total. The molecule has 0 fully saturated rings. The Hall–Kier alpha value is -1.10. The van der Waals surface area contributed by atoms with E-state index in [0.717, 1.165) is 32.4 Å². The van der Waals surface area contributed by atoms with Gasteiger partial charge < -0.3 is 15.2 Å². The molecule has 0 amide bonds. The van der Waals surface area contributed by atoms with Crippen molar-refractivity contribution in [2.45, 2.75) is 46.1 Å². The number of nitrogens with two attached hydrogens (primary N) is 1. The van der Waals surface area contributed by atoms with Gasteiger partial charge in [0.15, 0.2) is 0 Å². The van der Waals surface area contributed by atoms with Crippen molar-refractivity contribution in [3.8, 4) is 0 Å². The zero-order chi connectivity index (χ0) is 12.0. The summed E-state index contributed by atoms with van der Waals surface area (Å²) >= 11 is 0. The predicted molar refractivity (Wildman–Crippen MR) is 64.3 cm³/mol. The van der Waals surface area contributed by atoms with Crippen LogP contribution in [0.2, 0.25) is 0 Å². The topological polar surface area (TPSA) is 68.2 Å². The molecule has 1 heterocycles. The Morgan fingerprint density at radius 1 is 1.31 bits per heavy atom. The molecule has 0 aliphatic heterocycles. The summed E-state index contributed by atoms with van der Waals surface area (Å²) in [5, 5.41) is 3.95. The Kier molecular flexibility index (Phi) is 5.25. The highest BCUT2D eigenvalue weighted by Crippen LogP contribution is 2.17. The van der Waals surface area contributed by atoms with Gasteiger partial charge in [-0.05, 0) is 25.4 Å². The number of hydrogen-bond acceptors (Lipinski definition) is 5. The molecule has 0 radical (unpaired) electrons. The van der Waals surface area contributed by atoms with Crippen molar-refractivity contribution in [2.24, 2.45) is 5.73 Å². The normalized spacial score (nSPS) is 12.8. The van der Waals surface area contributed by atoms with E-state index in [1.54, 1.807) is 0 Å². The van der Waals surface area contributed by atoms with Crippen LogP contribution in [0.25, 0.3) is 0 Å². The highest BCUT2D eigenvalue weighted by atomic mass is 16.5. The van der Waals surface area contributed by atoms with Gasteiger partial charge in [0, 0.05) is 13.1 Å². The highest BCUT2D eigenvalue weighted by molar-refractivity contribution is 5.26. The maximum Gasteiger partial charge on any atom is 0.266 e. The van der Waals surface area contributed by atoms with E-state index in [1.165, 1.54) is 0 Å². The summed E-state index contributed by atoms with van der Waals surface area (Å²) in [5.74, 6) is 1.20. The van der Waals surface area contributed by atoms with E-state index in [4.69, 9.17) is 10.3 Å². The third-order valence-corrected chi connectivity index (χ3v) is 2.66. The molecule has 1 rings (SSSR count). The Balaban J connectivity index is 2.62. The van der Waals surface area contributed by atoms with Crippen LogP contribution in [0, 0.1) is 0 Å². The van der Waals surface area contributed by atoms with Crippen LogP contribution < -0.4 is 10.6 Å². The number of unbranched alkanes of at least 4 members (excludes halogenated alkanes) is 1. The summed E-state index contributed by atoms with van der Waals surface area (Å²) < 4.78 is 5.18. The van der Waals surface area contributed by atoms with Gasteiger partial charge in [-0.3, -0.25) is 0 Å². The Labute approximate surface area is 97.0 Å². The van der Waals surface area contributed by atoms with E-state index >= 15 is 0 Å².